The van der Waals surface area contributed by atoms with Crippen molar-refractivity contribution in [2.75, 3.05) is 0 Å². The summed E-state index contributed by atoms with van der Waals surface area (Å²) in [5, 5.41) is -0.0447. The highest BCUT2D eigenvalue weighted by Gasteiger charge is 2.30. The molecule has 16 heavy (non-hydrogen) atoms. The standard InChI is InChI=1S/C12H14ClF3/c1-3-11(13)8(2)9-4-6-10(7-5-9)12(14,15)16/h4-8,11H,3H2,1-2H3. The number of hydrogen-bond donors (Lipinski definition) is 0. The van der Waals surface area contributed by atoms with Gasteiger partial charge in [-0.05, 0) is 30.0 Å². The van der Waals surface area contributed by atoms with Crippen LogP contribution in [0.5, 0.6) is 0 Å². The van der Waals surface area contributed by atoms with E-state index in [1.807, 2.05) is 13.8 Å². The van der Waals surface area contributed by atoms with Gasteiger partial charge < -0.3 is 0 Å². The summed E-state index contributed by atoms with van der Waals surface area (Å²) >= 11 is 6.06. The molecule has 90 valence electrons. The molecule has 1 aromatic rings. The van der Waals surface area contributed by atoms with Crippen LogP contribution in [0.2, 0.25) is 0 Å². The monoisotopic (exact) mass is 250 g/mol. The van der Waals surface area contributed by atoms with Gasteiger partial charge in [-0.2, -0.15) is 13.2 Å². The van der Waals surface area contributed by atoms with Gasteiger partial charge in [-0.15, -0.1) is 11.6 Å². The fourth-order valence-electron chi connectivity index (χ4n) is 1.54. The van der Waals surface area contributed by atoms with Crippen LogP contribution in [0.25, 0.3) is 0 Å². The van der Waals surface area contributed by atoms with Crippen LogP contribution in [-0.2, 0) is 6.18 Å². The second kappa shape index (κ2) is 5.09. The Hall–Kier alpha value is -0.700. The first kappa shape index (κ1) is 13.4. The molecule has 0 aromatic heterocycles. The van der Waals surface area contributed by atoms with Crippen molar-refractivity contribution in [2.45, 2.75) is 37.7 Å². The van der Waals surface area contributed by atoms with Crippen LogP contribution in [0.3, 0.4) is 0 Å². The van der Waals surface area contributed by atoms with E-state index in [4.69, 9.17) is 11.6 Å². The van der Waals surface area contributed by atoms with E-state index in [0.717, 1.165) is 24.1 Å². The summed E-state index contributed by atoms with van der Waals surface area (Å²) in [5.41, 5.74) is 0.223. The highest BCUT2D eigenvalue weighted by atomic mass is 35.5. The molecule has 0 aliphatic rings. The van der Waals surface area contributed by atoms with Gasteiger partial charge in [0.2, 0.25) is 0 Å². The van der Waals surface area contributed by atoms with Gasteiger partial charge in [0.25, 0.3) is 0 Å². The van der Waals surface area contributed by atoms with Crippen molar-refractivity contribution in [3.8, 4) is 0 Å². The number of rotatable bonds is 3. The van der Waals surface area contributed by atoms with Crippen molar-refractivity contribution in [3.63, 3.8) is 0 Å². The molecule has 4 heteroatoms. The summed E-state index contributed by atoms with van der Waals surface area (Å²) in [6, 6.07) is 5.20. The molecule has 0 heterocycles. The van der Waals surface area contributed by atoms with Crippen LogP contribution in [0.1, 0.15) is 37.3 Å². The van der Waals surface area contributed by atoms with Gasteiger partial charge in [-0.25, -0.2) is 0 Å². The zero-order valence-corrected chi connectivity index (χ0v) is 9.94. The minimum atomic E-state index is -4.27. The molecule has 0 nitrogen and oxygen atoms in total. The summed E-state index contributed by atoms with van der Waals surface area (Å²) in [6.45, 7) is 3.88. The fourth-order valence-corrected chi connectivity index (χ4v) is 1.68. The Morgan fingerprint density at radius 1 is 1.19 bits per heavy atom. The van der Waals surface area contributed by atoms with Gasteiger partial charge in [0, 0.05) is 5.38 Å². The summed E-state index contributed by atoms with van der Waals surface area (Å²) in [7, 11) is 0. The molecule has 0 saturated heterocycles. The van der Waals surface area contributed by atoms with Crippen molar-refractivity contribution < 1.29 is 13.2 Å². The van der Waals surface area contributed by atoms with Gasteiger partial charge in [-0.3, -0.25) is 0 Å². The Kier molecular flexibility index (Phi) is 4.25. The fraction of sp³-hybridized carbons (Fsp3) is 0.500. The Labute approximate surface area is 98.4 Å². The number of halogens is 4. The number of hydrogen-bond acceptors (Lipinski definition) is 0. The molecule has 2 atom stereocenters. The van der Waals surface area contributed by atoms with Gasteiger partial charge in [0.1, 0.15) is 0 Å². The third-order valence-electron chi connectivity index (χ3n) is 2.70. The van der Waals surface area contributed by atoms with Gasteiger partial charge in [-0.1, -0.05) is 26.0 Å². The van der Waals surface area contributed by atoms with Crippen molar-refractivity contribution in [2.24, 2.45) is 0 Å². The molecule has 1 aromatic carbocycles. The van der Waals surface area contributed by atoms with Crippen LogP contribution in [0.15, 0.2) is 24.3 Å². The summed E-state index contributed by atoms with van der Waals surface area (Å²) in [5.74, 6) is 0.0638. The molecule has 0 radical (unpaired) electrons. The molecule has 0 spiro atoms. The van der Waals surface area contributed by atoms with Gasteiger partial charge >= 0.3 is 6.18 Å². The van der Waals surface area contributed by atoms with Crippen LogP contribution in [0.4, 0.5) is 13.2 Å². The van der Waals surface area contributed by atoms with Gasteiger partial charge in [0.15, 0.2) is 0 Å². The van der Waals surface area contributed by atoms with E-state index in [1.54, 1.807) is 0 Å². The van der Waals surface area contributed by atoms with Crippen molar-refractivity contribution in [1.82, 2.24) is 0 Å². The third kappa shape index (κ3) is 3.14. The maximum atomic E-state index is 12.3. The molecular formula is C12H14ClF3. The zero-order valence-electron chi connectivity index (χ0n) is 9.18. The van der Waals surface area contributed by atoms with E-state index in [2.05, 4.69) is 0 Å². The van der Waals surface area contributed by atoms with Crippen molar-refractivity contribution >= 4 is 11.6 Å². The highest BCUT2D eigenvalue weighted by molar-refractivity contribution is 6.21. The molecule has 2 unspecified atom stereocenters. The lowest BCUT2D eigenvalue weighted by atomic mass is 9.95. The van der Waals surface area contributed by atoms with Crippen LogP contribution < -0.4 is 0 Å². The maximum absolute atomic E-state index is 12.3. The Bertz CT molecular complexity index is 329. The second-order valence-electron chi connectivity index (χ2n) is 3.83. The summed E-state index contributed by atoms with van der Waals surface area (Å²) < 4.78 is 37.0. The van der Waals surface area contributed by atoms with E-state index < -0.39 is 11.7 Å². The topological polar surface area (TPSA) is 0 Å². The molecular weight excluding hydrogens is 237 g/mol. The lowest BCUT2D eigenvalue weighted by Crippen LogP contribution is -2.09. The van der Waals surface area contributed by atoms with E-state index >= 15 is 0 Å². The predicted octanol–water partition coefficient (Wildman–Crippen LogP) is 4.83. The van der Waals surface area contributed by atoms with E-state index in [9.17, 15) is 13.2 Å². The zero-order chi connectivity index (χ0) is 12.3. The molecule has 1 rings (SSSR count). The minimum absolute atomic E-state index is 0.0447. The molecule has 0 saturated carbocycles. The molecule has 0 fully saturated rings. The van der Waals surface area contributed by atoms with Crippen molar-refractivity contribution in [1.29, 1.82) is 0 Å². The predicted molar refractivity (Wildman–Crippen MR) is 59.8 cm³/mol. The van der Waals surface area contributed by atoms with Gasteiger partial charge in [0.05, 0.1) is 5.56 Å². The first-order chi connectivity index (χ1) is 7.36. The highest BCUT2D eigenvalue weighted by Crippen LogP contribution is 2.31. The van der Waals surface area contributed by atoms with E-state index in [-0.39, 0.29) is 11.3 Å². The van der Waals surface area contributed by atoms with Crippen LogP contribution in [0, 0.1) is 0 Å². The molecule has 0 N–H and O–H groups in total. The summed E-state index contributed by atoms with van der Waals surface area (Å²) in [6.07, 6.45) is -3.48. The number of benzene rings is 1. The number of alkyl halides is 4. The molecule has 0 bridgehead atoms. The largest absolute Gasteiger partial charge is 0.416 e. The third-order valence-corrected chi connectivity index (χ3v) is 3.38. The maximum Gasteiger partial charge on any atom is 0.416 e. The van der Waals surface area contributed by atoms with Crippen LogP contribution in [-0.4, -0.2) is 5.38 Å². The first-order valence-corrected chi connectivity index (χ1v) is 5.61. The normalized spacial score (nSPS) is 15.9. The Morgan fingerprint density at radius 2 is 1.69 bits per heavy atom. The SMILES string of the molecule is CCC(Cl)C(C)c1ccc(C(F)(F)F)cc1. The van der Waals surface area contributed by atoms with E-state index in [1.165, 1.54) is 12.1 Å². The second-order valence-corrected chi connectivity index (χ2v) is 4.39. The lowest BCUT2D eigenvalue weighted by molar-refractivity contribution is -0.137. The van der Waals surface area contributed by atoms with Crippen LogP contribution >= 0.6 is 11.6 Å². The average Bonchev–Trinajstić information content (AvgIpc) is 2.26. The lowest BCUT2D eigenvalue weighted by Gasteiger charge is -2.17. The van der Waals surface area contributed by atoms with Crippen molar-refractivity contribution in [3.05, 3.63) is 35.4 Å². The molecule has 0 aliphatic carbocycles. The summed E-state index contributed by atoms with van der Waals surface area (Å²) in [4.78, 5) is 0. The first-order valence-electron chi connectivity index (χ1n) is 5.17. The smallest absolute Gasteiger partial charge is 0.166 e. The Balaban J connectivity index is 2.87. The molecule has 0 aliphatic heterocycles. The van der Waals surface area contributed by atoms with E-state index in [0.29, 0.717) is 0 Å². The quantitative estimate of drug-likeness (QED) is 0.675. The Morgan fingerprint density at radius 3 is 2.06 bits per heavy atom. The average molecular weight is 251 g/mol. The molecule has 0 amide bonds. The minimum Gasteiger partial charge on any atom is -0.166 e.